The standard InChI is InChI=1S/C33H33F3N4O3S/c34-25-10-6-22(7-11-25)32(23-8-12-26(35)13-9-23)33(37)31(41)18-24-19-39-21-30(36)29(24)15-14-27-20-38-16-17-40(27)44(42,43)28-4-2-1-3-5-28/h1-13,19,21,27,32-33,38H,14-18,20,37H2/t27-,33+/m0/s1. The fraction of sp³-hybridized carbons (Fsp3) is 0.273. The fourth-order valence-corrected chi connectivity index (χ4v) is 7.39. The molecule has 0 aliphatic carbocycles. The summed E-state index contributed by atoms with van der Waals surface area (Å²) in [5.41, 5.74) is 8.28. The minimum atomic E-state index is -3.76. The molecule has 0 saturated carbocycles. The van der Waals surface area contributed by atoms with Crippen LogP contribution in [0.4, 0.5) is 13.2 Å². The molecule has 0 bridgehead atoms. The second kappa shape index (κ2) is 13.8. The molecule has 1 aromatic heterocycles. The summed E-state index contributed by atoms with van der Waals surface area (Å²) in [5, 5.41) is 3.22. The topological polar surface area (TPSA) is 105 Å². The number of nitrogens with zero attached hydrogens (tertiary/aromatic N) is 2. The van der Waals surface area contributed by atoms with Crippen molar-refractivity contribution in [1.29, 1.82) is 0 Å². The Morgan fingerprint density at radius 3 is 2.16 bits per heavy atom. The van der Waals surface area contributed by atoms with Gasteiger partial charge < -0.3 is 11.1 Å². The van der Waals surface area contributed by atoms with Gasteiger partial charge in [-0.2, -0.15) is 4.31 Å². The molecule has 3 aromatic carbocycles. The van der Waals surface area contributed by atoms with Crippen LogP contribution in [0.5, 0.6) is 0 Å². The second-order valence-electron chi connectivity index (χ2n) is 10.8. The van der Waals surface area contributed by atoms with Crippen LogP contribution in [0.2, 0.25) is 0 Å². The van der Waals surface area contributed by atoms with Gasteiger partial charge in [0.15, 0.2) is 5.78 Å². The van der Waals surface area contributed by atoms with Crippen molar-refractivity contribution in [2.75, 3.05) is 19.6 Å². The van der Waals surface area contributed by atoms with E-state index in [1.165, 1.54) is 59.0 Å². The molecule has 0 spiro atoms. The Morgan fingerprint density at radius 1 is 0.932 bits per heavy atom. The number of carbonyl (C=O) groups is 1. The summed E-state index contributed by atoms with van der Waals surface area (Å²) in [7, 11) is -3.76. The van der Waals surface area contributed by atoms with Gasteiger partial charge in [0, 0.05) is 44.2 Å². The van der Waals surface area contributed by atoms with Crippen LogP contribution < -0.4 is 11.1 Å². The fourth-order valence-electron chi connectivity index (χ4n) is 5.72. The number of carbonyl (C=O) groups excluding carboxylic acids is 1. The Bertz CT molecular complexity index is 1640. The lowest BCUT2D eigenvalue weighted by Gasteiger charge is -2.35. The van der Waals surface area contributed by atoms with Gasteiger partial charge in [-0.15, -0.1) is 0 Å². The van der Waals surface area contributed by atoms with E-state index in [0.717, 1.165) is 6.20 Å². The van der Waals surface area contributed by atoms with Gasteiger partial charge in [0.05, 0.1) is 17.1 Å². The van der Waals surface area contributed by atoms with Crippen molar-refractivity contribution in [3.63, 3.8) is 0 Å². The van der Waals surface area contributed by atoms with Crippen molar-refractivity contribution in [3.05, 3.63) is 131 Å². The minimum Gasteiger partial charge on any atom is -0.321 e. The highest BCUT2D eigenvalue weighted by Crippen LogP contribution is 2.30. The first kappa shape index (κ1) is 31.5. The molecule has 1 fully saturated rings. The van der Waals surface area contributed by atoms with Gasteiger partial charge in [-0.05, 0) is 71.5 Å². The predicted octanol–water partition coefficient (Wildman–Crippen LogP) is 4.37. The summed E-state index contributed by atoms with van der Waals surface area (Å²) < 4.78 is 70.8. The summed E-state index contributed by atoms with van der Waals surface area (Å²) in [5.74, 6) is -2.63. The summed E-state index contributed by atoms with van der Waals surface area (Å²) in [6.45, 7) is 1.16. The average Bonchev–Trinajstić information content (AvgIpc) is 3.03. The maximum Gasteiger partial charge on any atom is 0.243 e. The van der Waals surface area contributed by atoms with Crippen LogP contribution in [0.15, 0.2) is 96.2 Å². The van der Waals surface area contributed by atoms with Crippen molar-refractivity contribution in [2.24, 2.45) is 5.73 Å². The van der Waals surface area contributed by atoms with Crippen molar-refractivity contribution in [3.8, 4) is 0 Å². The Hall–Kier alpha value is -3.90. The molecule has 3 N–H and O–H groups in total. The molecular formula is C33H33F3N4O3S. The Labute approximate surface area is 255 Å². The lowest BCUT2D eigenvalue weighted by atomic mass is 9.82. The molecule has 5 rings (SSSR count). The first-order valence-electron chi connectivity index (χ1n) is 14.3. The van der Waals surface area contributed by atoms with E-state index in [0.29, 0.717) is 36.2 Å². The largest absolute Gasteiger partial charge is 0.321 e. The zero-order valence-electron chi connectivity index (χ0n) is 23.9. The van der Waals surface area contributed by atoms with Gasteiger partial charge in [0.2, 0.25) is 10.0 Å². The summed E-state index contributed by atoms with van der Waals surface area (Å²) in [6, 6.07) is 17.8. The van der Waals surface area contributed by atoms with Gasteiger partial charge in [-0.25, -0.2) is 21.6 Å². The lowest BCUT2D eigenvalue weighted by molar-refractivity contribution is -0.119. The third-order valence-electron chi connectivity index (χ3n) is 8.02. The molecule has 2 atom stereocenters. The summed E-state index contributed by atoms with van der Waals surface area (Å²) >= 11 is 0. The molecule has 230 valence electrons. The van der Waals surface area contributed by atoms with Gasteiger partial charge >= 0.3 is 0 Å². The molecular weight excluding hydrogens is 589 g/mol. The quantitative estimate of drug-likeness (QED) is 0.258. The van der Waals surface area contributed by atoms with Gasteiger partial charge in [-0.1, -0.05) is 42.5 Å². The molecule has 2 heterocycles. The van der Waals surface area contributed by atoms with E-state index in [9.17, 15) is 22.0 Å². The SMILES string of the molecule is N[C@H](C(=O)Cc1cncc(F)c1CC[C@H]1CNCCN1S(=O)(=O)c1ccccc1)C(c1ccc(F)cc1)c1ccc(F)cc1. The third-order valence-corrected chi connectivity index (χ3v) is 9.99. The Morgan fingerprint density at radius 2 is 1.55 bits per heavy atom. The van der Waals surface area contributed by atoms with Crippen molar-refractivity contribution in [2.45, 2.75) is 42.2 Å². The summed E-state index contributed by atoms with van der Waals surface area (Å²) in [4.78, 5) is 17.8. The number of aromatic nitrogens is 1. The second-order valence-corrected chi connectivity index (χ2v) is 12.7. The minimum absolute atomic E-state index is 0.165. The van der Waals surface area contributed by atoms with Crippen molar-refractivity contribution in [1.82, 2.24) is 14.6 Å². The number of hydrogen-bond acceptors (Lipinski definition) is 6. The number of nitrogens with one attached hydrogen (secondary N) is 1. The zero-order chi connectivity index (χ0) is 31.3. The van der Waals surface area contributed by atoms with E-state index in [4.69, 9.17) is 5.73 Å². The average molecular weight is 623 g/mol. The van der Waals surface area contributed by atoms with Gasteiger partial charge in [-0.3, -0.25) is 9.78 Å². The van der Waals surface area contributed by atoms with E-state index < -0.39 is 51.3 Å². The molecule has 7 nitrogen and oxygen atoms in total. The highest BCUT2D eigenvalue weighted by molar-refractivity contribution is 7.89. The number of halogens is 3. The highest BCUT2D eigenvalue weighted by Gasteiger charge is 2.34. The number of Topliss-reactive ketones (excluding diaryl/α,β-unsaturated/α-hetero) is 1. The normalized spacial score (nSPS) is 16.6. The third kappa shape index (κ3) is 7.07. The van der Waals surface area contributed by atoms with Gasteiger partial charge in [0.25, 0.3) is 0 Å². The van der Waals surface area contributed by atoms with Crippen LogP contribution >= 0.6 is 0 Å². The van der Waals surface area contributed by atoms with Crippen molar-refractivity contribution < 1.29 is 26.4 Å². The number of hydrogen-bond donors (Lipinski definition) is 2. The van der Waals surface area contributed by atoms with E-state index >= 15 is 4.39 Å². The van der Waals surface area contributed by atoms with Crippen LogP contribution in [-0.4, -0.2) is 55.2 Å². The molecule has 0 radical (unpaired) electrons. The molecule has 1 saturated heterocycles. The molecule has 4 aromatic rings. The lowest BCUT2D eigenvalue weighted by Crippen LogP contribution is -2.53. The Balaban J connectivity index is 1.36. The monoisotopic (exact) mass is 622 g/mol. The van der Waals surface area contributed by atoms with Crippen molar-refractivity contribution >= 4 is 15.8 Å². The van der Waals surface area contributed by atoms with Crippen LogP contribution in [0, 0.1) is 17.5 Å². The maximum atomic E-state index is 15.2. The Kier molecular flexibility index (Phi) is 9.90. The number of sulfonamides is 1. The number of piperazine rings is 1. The van der Waals surface area contributed by atoms with E-state index in [1.807, 2.05) is 0 Å². The molecule has 11 heteroatoms. The van der Waals surface area contributed by atoms with Crippen LogP contribution in [0.25, 0.3) is 0 Å². The number of benzene rings is 3. The van der Waals surface area contributed by atoms with E-state index in [-0.39, 0.29) is 29.8 Å². The molecule has 1 aliphatic rings. The number of rotatable bonds is 11. The number of ketones is 1. The first-order chi connectivity index (χ1) is 21.1. The number of nitrogens with two attached hydrogens (primary N) is 1. The first-order valence-corrected chi connectivity index (χ1v) is 15.8. The van der Waals surface area contributed by atoms with E-state index in [2.05, 4.69) is 10.3 Å². The number of pyridine rings is 1. The maximum absolute atomic E-state index is 15.2. The highest BCUT2D eigenvalue weighted by atomic mass is 32.2. The van der Waals surface area contributed by atoms with Crippen LogP contribution in [0.3, 0.4) is 0 Å². The molecule has 0 unspecified atom stereocenters. The molecule has 1 aliphatic heterocycles. The molecule has 44 heavy (non-hydrogen) atoms. The predicted molar refractivity (Wildman–Crippen MR) is 161 cm³/mol. The van der Waals surface area contributed by atoms with Gasteiger partial charge in [0.1, 0.15) is 17.5 Å². The van der Waals surface area contributed by atoms with E-state index in [1.54, 1.807) is 30.3 Å². The van der Waals surface area contributed by atoms with Crippen LogP contribution in [0.1, 0.15) is 34.6 Å². The summed E-state index contributed by atoms with van der Waals surface area (Å²) in [6.07, 6.45) is 2.74. The molecule has 0 amide bonds. The zero-order valence-corrected chi connectivity index (χ0v) is 24.7. The van der Waals surface area contributed by atoms with Crippen LogP contribution in [-0.2, 0) is 27.7 Å². The smallest absolute Gasteiger partial charge is 0.243 e.